The Bertz CT molecular complexity index is 537. The van der Waals surface area contributed by atoms with E-state index in [0.29, 0.717) is 12.0 Å². The Morgan fingerprint density at radius 2 is 1.62 bits per heavy atom. The van der Waals surface area contributed by atoms with Gasteiger partial charge in [0.1, 0.15) is 12.9 Å². The summed E-state index contributed by atoms with van der Waals surface area (Å²) in [5.41, 5.74) is 1.87. The maximum atomic E-state index is 12.5. The van der Waals surface area contributed by atoms with E-state index in [0.717, 1.165) is 6.42 Å². The quantitative estimate of drug-likeness (QED) is 0.550. The first-order valence-corrected chi connectivity index (χ1v) is 7.05. The van der Waals surface area contributed by atoms with Gasteiger partial charge in [0.05, 0.1) is 0 Å². The molecule has 0 aliphatic rings. The molecule has 0 bridgehead atoms. The summed E-state index contributed by atoms with van der Waals surface area (Å²) in [6, 6.07) is 19.3. The van der Waals surface area contributed by atoms with E-state index < -0.39 is 6.10 Å². The molecule has 0 amide bonds. The summed E-state index contributed by atoms with van der Waals surface area (Å²) >= 11 is 0. The second-order valence-electron chi connectivity index (χ2n) is 4.82. The molecule has 2 aromatic carbocycles. The minimum Gasteiger partial charge on any atom is -0.359 e. The van der Waals surface area contributed by atoms with E-state index in [1.54, 1.807) is 7.11 Å². The normalized spacial score (nSPS) is 12.0. The van der Waals surface area contributed by atoms with Crippen LogP contribution in [0.4, 0.5) is 0 Å². The number of benzene rings is 2. The molecular formula is C18H20O3. The molecule has 0 radical (unpaired) electrons. The molecule has 110 valence electrons. The predicted octanol–water partition coefficient (Wildman–Crippen LogP) is 3.49. The van der Waals surface area contributed by atoms with Crippen molar-refractivity contribution in [3.8, 4) is 0 Å². The van der Waals surface area contributed by atoms with Crippen LogP contribution in [-0.4, -0.2) is 25.8 Å². The highest BCUT2D eigenvalue weighted by atomic mass is 16.7. The van der Waals surface area contributed by atoms with Crippen LogP contribution in [-0.2, 0) is 15.9 Å². The molecule has 21 heavy (non-hydrogen) atoms. The first kappa shape index (κ1) is 15.4. The zero-order valence-electron chi connectivity index (χ0n) is 12.2. The number of hydrogen-bond acceptors (Lipinski definition) is 3. The molecule has 0 spiro atoms. The van der Waals surface area contributed by atoms with Crippen molar-refractivity contribution in [1.82, 2.24) is 0 Å². The van der Waals surface area contributed by atoms with E-state index in [1.807, 2.05) is 48.5 Å². The third kappa shape index (κ3) is 4.81. The van der Waals surface area contributed by atoms with Gasteiger partial charge in [0.25, 0.3) is 0 Å². The SMILES string of the molecule is COCO[C@@H](CCc1ccccc1)C(=O)c1ccccc1. The summed E-state index contributed by atoms with van der Waals surface area (Å²) in [6.07, 6.45) is 0.960. The molecular weight excluding hydrogens is 264 g/mol. The zero-order chi connectivity index (χ0) is 14.9. The van der Waals surface area contributed by atoms with E-state index in [1.165, 1.54) is 5.56 Å². The fraction of sp³-hybridized carbons (Fsp3) is 0.278. The van der Waals surface area contributed by atoms with E-state index in [2.05, 4.69) is 12.1 Å². The van der Waals surface area contributed by atoms with Gasteiger partial charge >= 0.3 is 0 Å². The minimum atomic E-state index is -0.479. The van der Waals surface area contributed by atoms with E-state index in [-0.39, 0.29) is 12.6 Å². The molecule has 2 aromatic rings. The number of rotatable bonds is 8. The molecule has 0 fully saturated rings. The van der Waals surface area contributed by atoms with Crippen LogP contribution in [0.1, 0.15) is 22.3 Å². The second kappa shape index (κ2) is 8.35. The lowest BCUT2D eigenvalue weighted by atomic mass is 10.00. The van der Waals surface area contributed by atoms with Crippen molar-refractivity contribution in [2.24, 2.45) is 0 Å². The van der Waals surface area contributed by atoms with Crippen LogP contribution in [0, 0.1) is 0 Å². The highest BCUT2D eigenvalue weighted by Crippen LogP contribution is 2.13. The lowest BCUT2D eigenvalue weighted by molar-refractivity contribution is -0.0616. The predicted molar refractivity (Wildman–Crippen MR) is 82.3 cm³/mol. The van der Waals surface area contributed by atoms with Crippen LogP contribution in [0.3, 0.4) is 0 Å². The van der Waals surface area contributed by atoms with Crippen molar-refractivity contribution in [2.75, 3.05) is 13.9 Å². The van der Waals surface area contributed by atoms with Crippen LogP contribution in [0.5, 0.6) is 0 Å². The molecule has 2 rings (SSSR count). The van der Waals surface area contributed by atoms with E-state index in [9.17, 15) is 4.79 Å². The maximum absolute atomic E-state index is 12.5. The smallest absolute Gasteiger partial charge is 0.191 e. The third-order valence-electron chi connectivity index (χ3n) is 3.28. The number of carbonyl (C=O) groups excluding carboxylic acids is 1. The van der Waals surface area contributed by atoms with E-state index >= 15 is 0 Å². The van der Waals surface area contributed by atoms with Gasteiger partial charge in [0.15, 0.2) is 5.78 Å². The molecule has 0 saturated carbocycles. The second-order valence-corrected chi connectivity index (χ2v) is 4.82. The van der Waals surface area contributed by atoms with Crippen molar-refractivity contribution < 1.29 is 14.3 Å². The highest BCUT2D eigenvalue weighted by Gasteiger charge is 2.20. The first-order valence-electron chi connectivity index (χ1n) is 7.05. The van der Waals surface area contributed by atoms with Crippen molar-refractivity contribution in [1.29, 1.82) is 0 Å². The Morgan fingerprint density at radius 3 is 2.24 bits per heavy atom. The Morgan fingerprint density at radius 1 is 1.00 bits per heavy atom. The molecule has 3 nitrogen and oxygen atoms in total. The largest absolute Gasteiger partial charge is 0.359 e. The monoisotopic (exact) mass is 284 g/mol. The van der Waals surface area contributed by atoms with Gasteiger partial charge in [-0.25, -0.2) is 0 Å². The molecule has 0 N–H and O–H groups in total. The van der Waals surface area contributed by atoms with Gasteiger partial charge in [-0.05, 0) is 18.4 Å². The number of methoxy groups -OCH3 is 1. The van der Waals surface area contributed by atoms with Gasteiger partial charge in [0.2, 0.25) is 0 Å². The number of ketones is 1. The summed E-state index contributed by atoms with van der Waals surface area (Å²) in [4.78, 5) is 12.5. The summed E-state index contributed by atoms with van der Waals surface area (Å²) < 4.78 is 10.5. The molecule has 0 aliphatic heterocycles. The Kier molecular flexibility index (Phi) is 6.13. The van der Waals surface area contributed by atoms with Crippen molar-refractivity contribution in [2.45, 2.75) is 18.9 Å². The molecule has 0 aromatic heterocycles. The number of aryl methyl sites for hydroxylation is 1. The Hall–Kier alpha value is -1.97. The maximum Gasteiger partial charge on any atom is 0.191 e. The van der Waals surface area contributed by atoms with E-state index in [4.69, 9.17) is 9.47 Å². The number of Topliss-reactive ketones (excluding diaryl/α,β-unsaturated/α-hetero) is 1. The third-order valence-corrected chi connectivity index (χ3v) is 3.28. The summed E-state index contributed by atoms with van der Waals surface area (Å²) in [5.74, 6) is 0.00332. The fourth-order valence-corrected chi connectivity index (χ4v) is 2.17. The van der Waals surface area contributed by atoms with Gasteiger partial charge in [0, 0.05) is 12.7 Å². The van der Waals surface area contributed by atoms with Gasteiger partial charge < -0.3 is 9.47 Å². The average molecular weight is 284 g/mol. The van der Waals surface area contributed by atoms with Gasteiger partial charge in [-0.2, -0.15) is 0 Å². The molecule has 0 heterocycles. The van der Waals surface area contributed by atoms with Crippen LogP contribution in [0.15, 0.2) is 60.7 Å². The first-order chi connectivity index (χ1) is 10.3. The van der Waals surface area contributed by atoms with Gasteiger partial charge in [-0.1, -0.05) is 60.7 Å². The fourth-order valence-electron chi connectivity index (χ4n) is 2.17. The molecule has 0 aliphatic carbocycles. The van der Waals surface area contributed by atoms with Crippen molar-refractivity contribution in [3.63, 3.8) is 0 Å². The van der Waals surface area contributed by atoms with Crippen LogP contribution < -0.4 is 0 Å². The summed E-state index contributed by atoms with van der Waals surface area (Å²) in [5, 5.41) is 0. The minimum absolute atomic E-state index is 0.00332. The molecule has 0 saturated heterocycles. The molecule has 0 unspecified atom stereocenters. The topological polar surface area (TPSA) is 35.5 Å². The lowest BCUT2D eigenvalue weighted by Crippen LogP contribution is -2.26. The summed E-state index contributed by atoms with van der Waals surface area (Å²) in [7, 11) is 1.56. The van der Waals surface area contributed by atoms with Crippen molar-refractivity contribution >= 4 is 5.78 Å². The number of carbonyl (C=O) groups is 1. The molecule has 1 atom stereocenters. The number of ether oxygens (including phenoxy) is 2. The zero-order valence-corrected chi connectivity index (χ0v) is 12.2. The standard InChI is InChI=1S/C18H20O3/c1-20-14-21-17(13-12-15-8-4-2-5-9-15)18(19)16-10-6-3-7-11-16/h2-11,17H,12-14H2,1H3/t17-/m0/s1. The molecule has 3 heteroatoms. The van der Waals surface area contributed by atoms with Crippen LogP contribution in [0.25, 0.3) is 0 Å². The van der Waals surface area contributed by atoms with Crippen LogP contribution >= 0.6 is 0 Å². The summed E-state index contributed by atoms with van der Waals surface area (Å²) in [6.45, 7) is 0.123. The number of hydrogen-bond donors (Lipinski definition) is 0. The Labute approximate surface area is 125 Å². The highest BCUT2D eigenvalue weighted by molar-refractivity contribution is 5.99. The Balaban J connectivity index is 2.02. The lowest BCUT2D eigenvalue weighted by Gasteiger charge is -2.16. The van der Waals surface area contributed by atoms with Gasteiger partial charge in [-0.3, -0.25) is 4.79 Å². The van der Waals surface area contributed by atoms with Crippen LogP contribution in [0.2, 0.25) is 0 Å². The van der Waals surface area contributed by atoms with Gasteiger partial charge in [-0.15, -0.1) is 0 Å². The van der Waals surface area contributed by atoms with Crippen molar-refractivity contribution in [3.05, 3.63) is 71.8 Å². The average Bonchev–Trinajstić information content (AvgIpc) is 2.56.